The predicted octanol–water partition coefficient (Wildman–Crippen LogP) is 2.68. The highest BCUT2D eigenvalue weighted by molar-refractivity contribution is 5.03. The summed E-state index contributed by atoms with van der Waals surface area (Å²) in [5, 5.41) is 3.55. The molecule has 1 aromatic heterocycles. The topological polar surface area (TPSA) is 27.8 Å². The van der Waals surface area contributed by atoms with Crippen LogP contribution < -0.4 is 5.32 Å². The number of aromatic amines is 1. The van der Waals surface area contributed by atoms with E-state index >= 15 is 0 Å². The lowest BCUT2D eigenvalue weighted by atomic mass is 9.67. The lowest BCUT2D eigenvalue weighted by Crippen LogP contribution is -2.39. The molecule has 1 fully saturated rings. The van der Waals surface area contributed by atoms with Crippen molar-refractivity contribution < 1.29 is 0 Å². The Morgan fingerprint density at radius 2 is 2.36 bits per heavy atom. The van der Waals surface area contributed by atoms with Crippen LogP contribution in [0.15, 0.2) is 18.3 Å². The zero-order valence-electron chi connectivity index (χ0n) is 8.97. The number of nitrogens with one attached hydrogen (secondary N) is 2. The van der Waals surface area contributed by atoms with Crippen LogP contribution in [0.25, 0.3) is 0 Å². The number of aromatic nitrogens is 1. The molecule has 2 heteroatoms. The van der Waals surface area contributed by atoms with Crippen LogP contribution in [0, 0.1) is 5.41 Å². The van der Waals surface area contributed by atoms with E-state index < -0.39 is 0 Å². The molecule has 1 heterocycles. The summed E-state index contributed by atoms with van der Waals surface area (Å²) in [5.41, 5.74) is 1.92. The molecule has 0 unspecified atom stereocenters. The smallest absolute Gasteiger partial charge is 0.0357 e. The SMILES string of the molecule is CCC1(CNCc2ccc[nH]2)CCC1. The Labute approximate surface area is 86.1 Å². The fourth-order valence-electron chi connectivity index (χ4n) is 2.27. The average molecular weight is 192 g/mol. The van der Waals surface area contributed by atoms with Crippen molar-refractivity contribution >= 4 is 0 Å². The normalized spacial score (nSPS) is 19.2. The minimum absolute atomic E-state index is 0.632. The van der Waals surface area contributed by atoms with Crippen molar-refractivity contribution in [2.75, 3.05) is 6.54 Å². The summed E-state index contributed by atoms with van der Waals surface area (Å²) in [6.45, 7) is 4.48. The molecule has 1 aliphatic rings. The Hall–Kier alpha value is -0.760. The first kappa shape index (κ1) is 9.78. The second-order valence-electron chi connectivity index (χ2n) is 4.51. The van der Waals surface area contributed by atoms with Crippen LogP contribution in [0.1, 0.15) is 38.3 Å². The zero-order valence-corrected chi connectivity index (χ0v) is 8.97. The first-order valence-electron chi connectivity index (χ1n) is 5.68. The molecule has 2 nitrogen and oxygen atoms in total. The van der Waals surface area contributed by atoms with Gasteiger partial charge in [0.25, 0.3) is 0 Å². The number of rotatable bonds is 5. The Morgan fingerprint density at radius 1 is 1.50 bits per heavy atom. The quantitative estimate of drug-likeness (QED) is 0.737. The van der Waals surface area contributed by atoms with Gasteiger partial charge in [0.2, 0.25) is 0 Å². The number of H-pyrrole nitrogens is 1. The summed E-state index contributed by atoms with van der Waals surface area (Å²) in [5.74, 6) is 0. The predicted molar refractivity (Wildman–Crippen MR) is 59.1 cm³/mol. The van der Waals surface area contributed by atoms with Crippen LogP contribution in [0.5, 0.6) is 0 Å². The third-order valence-corrected chi connectivity index (χ3v) is 3.64. The van der Waals surface area contributed by atoms with Crippen molar-refractivity contribution in [3.8, 4) is 0 Å². The molecule has 78 valence electrons. The molecule has 1 aliphatic carbocycles. The van der Waals surface area contributed by atoms with E-state index in [1.54, 1.807) is 0 Å². The minimum atomic E-state index is 0.632. The van der Waals surface area contributed by atoms with E-state index in [4.69, 9.17) is 0 Å². The fraction of sp³-hybridized carbons (Fsp3) is 0.667. The maximum Gasteiger partial charge on any atom is 0.0357 e. The number of hydrogen-bond donors (Lipinski definition) is 2. The summed E-state index contributed by atoms with van der Waals surface area (Å²) in [6.07, 6.45) is 7.57. The third kappa shape index (κ3) is 2.01. The molecule has 1 aromatic rings. The molecule has 0 spiro atoms. The molecule has 2 rings (SSSR count). The van der Waals surface area contributed by atoms with Gasteiger partial charge >= 0.3 is 0 Å². The van der Waals surface area contributed by atoms with Crippen LogP contribution in [0.4, 0.5) is 0 Å². The molecule has 0 aliphatic heterocycles. The fourth-order valence-corrected chi connectivity index (χ4v) is 2.27. The van der Waals surface area contributed by atoms with Gasteiger partial charge in [-0.1, -0.05) is 13.3 Å². The van der Waals surface area contributed by atoms with Gasteiger partial charge in [-0.2, -0.15) is 0 Å². The van der Waals surface area contributed by atoms with E-state index in [2.05, 4.69) is 29.4 Å². The summed E-state index contributed by atoms with van der Waals surface area (Å²) in [6, 6.07) is 4.18. The van der Waals surface area contributed by atoms with Crippen LogP contribution in [-0.4, -0.2) is 11.5 Å². The van der Waals surface area contributed by atoms with Crippen LogP contribution >= 0.6 is 0 Å². The van der Waals surface area contributed by atoms with Crippen LogP contribution in [0.2, 0.25) is 0 Å². The van der Waals surface area contributed by atoms with Gasteiger partial charge in [-0.15, -0.1) is 0 Å². The molecule has 0 amide bonds. The summed E-state index contributed by atoms with van der Waals surface area (Å²) in [7, 11) is 0. The second kappa shape index (κ2) is 4.18. The highest BCUT2D eigenvalue weighted by Crippen LogP contribution is 2.42. The van der Waals surface area contributed by atoms with Gasteiger partial charge < -0.3 is 10.3 Å². The zero-order chi connectivity index (χ0) is 9.86. The minimum Gasteiger partial charge on any atom is -0.364 e. The van der Waals surface area contributed by atoms with E-state index in [-0.39, 0.29) is 0 Å². The van der Waals surface area contributed by atoms with Crippen LogP contribution in [-0.2, 0) is 6.54 Å². The molecule has 1 saturated carbocycles. The summed E-state index contributed by atoms with van der Waals surface area (Å²) in [4.78, 5) is 3.21. The maximum absolute atomic E-state index is 3.55. The van der Waals surface area contributed by atoms with Crippen molar-refractivity contribution in [1.82, 2.24) is 10.3 Å². The van der Waals surface area contributed by atoms with Gasteiger partial charge in [-0.05, 0) is 36.8 Å². The highest BCUT2D eigenvalue weighted by Gasteiger charge is 2.34. The van der Waals surface area contributed by atoms with E-state index in [9.17, 15) is 0 Å². The molecule has 14 heavy (non-hydrogen) atoms. The van der Waals surface area contributed by atoms with E-state index in [0.29, 0.717) is 5.41 Å². The maximum atomic E-state index is 3.55. The van der Waals surface area contributed by atoms with Crippen LogP contribution in [0.3, 0.4) is 0 Å². The summed E-state index contributed by atoms with van der Waals surface area (Å²) < 4.78 is 0. The van der Waals surface area contributed by atoms with Crippen molar-refractivity contribution in [2.45, 2.75) is 39.2 Å². The van der Waals surface area contributed by atoms with Crippen molar-refractivity contribution in [1.29, 1.82) is 0 Å². The van der Waals surface area contributed by atoms with Gasteiger partial charge in [0.1, 0.15) is 0 Å². The Balaban J connectivity index is 1.72. The molecule has 2 N–H and O–H groups in total. The highest BCUT2D eigenvalue weighted by atomic mass is 14.9. The van der Waals surface area contributed by atoms with Gasteiger partial charge in [0.15, 0.2) is 0 Å². The third-order valence-electron chi connectivity index (χ3n) is 3.64. The van der Waals surface area contributed by atoms with E-state index in [1.807, 2.05) is 6.20 Å². The monoisotopic (exact) mass is 192 g/mol. The molecular weight excluding hydrogens is 172 g/mol. The first-order valence-corrected chi connectivity index (χ1v) is 5.68. The first-order chi connectivity index (χ1) is 6.85. The Bertz CT molecular complexity index is 254. The standard InChI is InChI=1S/C12H20N2/c1-2-12(6-4-7-12)10-13-9-11-5-3-8-14-11/h3,5,8,13-14H,2,4,6-7,9-10H2,1H3. The number of hydrogen-bond acceptors (Lipinski definition) is 1. The lowest BCUT2D eigenvalue weighted by molar-refractivity contribution is 0.123. The Kier molecular flexibility index (Phi) is 2.92. The molecule has 0 aromatic carbocycles. The van der Waals surface area contributed by atoms with Gasteiger partial charge in [0.05, 0.1) is 0 Å². The average Bonchev–Trinajstić information content (AvgIpc) is 2.62. The van der Waals surface area contributed by atoms with E-state index in [1.165, 1.54) is 37.9 Å². The molecule has 0 bridgehead atoms. The molecule has 0 radical (unpaired) electrons. The Morgan fingerprint density at radius 3 is 2.86 bits per heavy atom. The molecule has 0 atom stereocenters. The summed E-state index contributed by atoms with van der Waals surface area (Å²) >= 11 is 0. The van der Waals surface area contributed by atoms with Crippen molar-refractivity contribution in [3.63, 3.8) is 0 Å². The second-order valence-corrected chi connectivity index (χ2v) is 4.51. The van der Waals surface area contributed by atoms with Gasteiger partial charge in [-0.3, -0.25) is 0 Å². The molecule has 0 saturated heterocycles. The van der Waals surface area contributed by atoms with Crippen molar-refractivity contribution in [3.05, 3.63) is 24.0 Å². The van der Waals surface area contributed by atoms with E-state index in [0.717, 1.165) is 6.54 Å². The van der Waals surface area contributed by atoms with Crippen molar-refractivity contribution in [2.24, 2.45) is 5.41 Å². The van der Waals surface area contributed by atoms with Gasteiger partial charge in [0, 0.05) is 25.0 Å². The lowest BCUT2D eigenvalue weighted by Gasteiger charge is -2.41. The molecular formula is C12H20N2. The van der Waals surface area contributed by atoms with Gasteiger partial charge in [-0.25, -0.2) is 0 Å². The largest absolute Gasteiger partial charge is 0.364 e.